The average molecular weight is 363 g/mol. The van der Waals surface area contributed by atoms with Crippen molar-refractivity contribution >= 4 is 12.2 Å². The van der Waals surface area contributed by atoms with E-state index < -0.39 is 0 Å². The summed E-state index contributed by atoms with van der Waals surface area (Å²) < 4.78 is 9.97. The topological polar surface area (TPSA) is 51.3 Å². The molecule has 8 heteroatoms. The second-order valence-corrected chi connectivity index (χ2v) is 6.54. The zero-order chi connectivity index (χ0) is 17.6. The second kappa shape index (κ2) is 8.66. The van der Waals surface area contributed by atoms with E-state index in [2.05, 4.69) is 26.3 Å². The van der Waals surface area contributed by atoms with Crippen LogP contribution in [0.3, 0.4) is 0 Å². The number of methoxy groups -OCH3 is 1. The Labute approximate surface area is 153 Å². The molecule has 0 bridgehead atoms. The molecule has 1 fully saturated rings. The maximum absolute atomic E-state index is 5.70. The summed E-state index contributed by atoms with van der Waals surface area (Å²) in [6.07, 6.45) is 3.56. The molecule has 2 aromatic rings. The molecule has 0 unspecified atom stereocenters. The molecule has 136 valence electrons. The van der Waals surface area contributed by atoms with Gasteiger partial charge in [-0.05, 0) is 30.9 Å². The first-order chi connectivity index (χ1) is 12.2. The van der Waals surface area contributed by atoms with Crippen LogP contribution in [0.1, 0.15) is 6.92 Å². The minimum atomic E-state index is 0.604. The van der Waals surface area contributed by atoms with Gasteiger partial charge in [0.25, 0.3) is 0 Å². The maximum atomic E-state index is 5.70. The minimum Gasteiger partial charge on any atom is -0.383 e. The van der Waals surface area contributed by atoms with Gasteiger partial charge in [-0.25, -0.2) is 4.68 Å². The van der Waals surface area contributed by atoms with Crippen LogP contribution in [0.4, 0.5) is 0 Å². The van der Waals surface area contributed by atoms with Gasteiger partial charge in [-0.1, -0.05) is 6.92 Å². The fraction of sp³-hybridized carbons (Fsp3) is 0.588. The molecule has 0 atom stereocenters. The molecule has 1 aliphatic heterocycles. The van der Waals surface area contributed by atoms with Crippen molar-refractivity contribution in [2.45, 2.75) is 20.1 Å². The molecule has 0 radical (unpaired) electrons. The van der Waals surface area contributed by atoms with Gasteiger partial charge in [0.1, 0.15) is 0 Å². The van der Waals surface area contributed by atoms with E-state index in [9.17, 15) is 0 Å². The van der Waals surface area contributed by atoms with Crippen molar-refractivity contribution in [2.75, 3.05) is 46.4 Å². The Morgan fingerprint density at radius 2 is 1.80 bits per heavy atom. The van der Waals surface area contributed by atoms with Gasteiger partial charge in [-0.15, -0.1) is 0 Å². The predicted molar refractivity (Wildman–Crippen MR) is 99.8 cm³/mol. The summed E-state index contributed by atoms with van der Waals surface area (Å²) in [5.74, 6) is 0.872. The van der Waals surface area contributed by atoms with Crippen LogP contribution in [0.5, 0.6) is 0 Å². The number of rotatable bonds is 7. The first-order valence-electron chi connectivity index (χ1n) is 8.74. The summed E-state index contributed by atoms with van der Waals surface area (Å²) in [6.45, 7) is 9.65. The third-order valence-corrected chi connectivity index (χ3v) is 5.06. The first kappa shape index (κ1) is 18.2. The summed E-state index contributed by atoms with van der Waals surface area (Å²) in [5, 5.41) is 4.80. The highest BCUT2D eigenvalue weighted by atomic mass is 32.1. The van der Waals surface area contributed by atoms with Crippen LogP contribution in [-0.2, 0) is 18.0 Å². The number of likely N-dealkylation sites (N-methyl/N-ethyl adjacent to an activating group) is 1. The lowest BCUT2D eigenvalue weighted by Crippen LogP contribution is -2.46. The van der Waals surface area contributed by atoms with Crippen molar-refractivity contribution in [3.63, 3.8) is 0 Å². The van der Waals surface area contributed by atoms with Crippen LogP contribution in [-0.4, -0.2) is 75.6 Å². The summed E-state index contributed by atoms with van der Waals surface area (Å²) >= 11 is 5.70. The number of piperazine rings is 1. The quantitative estimate of drug-likeness (QED) is 0.699. The number of ether oxygens (including phenoxy) is 1. The van der Waals surface area contributed by atoms with Gasteiger partial charge < -0.3 is 9.64 Å². The van der Waals surface area contributed by atoms with Gasteiger partial charge in [0.2, 0.25) is 0 Å². The molecule has 3 rings (SSSR count). The lowest BCUT2D eigenvalue weighted by molar-refractivity contribution is 0.106. The Bertz CT molecular complexity index is 720. The Balaban J connectivity index is 1.82. The van der Waals surface area contributed by atoms with E-state index in [0.717, 1.165) is 55.6 Å². The van der Waals surface area contributed by atoms with Gasteiger partial charge in [0, 0.05) is 51.2 Å². The van der Waals surface area contributed by atoms with Gasteiger partial charge in [0.05, 0.1) is 19.8 Å². The number of pyridine rings is 1. The van der Waals surface area contributed by atoms with E-state index in [1.807, 2.05) is 16.8 Å². The number of hydrogen-bond donors (Lipinski definition) is 0. The van der Waals surface area contributed by atoms with Crippen LogP contribution >= 0.6 is 12.2 Å². The highest BCUT2D eigenvalue weighted by Crippen LogP contribution is 2.18. The Hall–Kier alpha value is -1.61. The predicted octanol–water partition coefficient (Wildman–Crippen LogP) is 1.72. The van der Waals surface area contributed by atoms with Crippen LogP contribution in [0, 0.1) is 4.77 Å². The van der Waals surface area contributed by atoms with E-state index in [1.165, 1.54) is 0 Å². The van der Waals surface area contributed by atoms with Crippen LogP contribution in [0.15, 0.2) is 24.5 Å². The van der Waals surface area contributed by atoms with Gasteiger partial charge in [0.15, 0.2) is 10.6 Å². The van der Waals surface area contributed by atoms with Crippen molar-refractivity contribution in [1.82, 2.24) is 29.1 Å². The average Bonchev–Trinajstić information content (AvgIpc) is 2.97. The lowest BCUT2D eigenvalue weighted by atomic mass is 10.2. The largest absolute Gasteiger partial charge is 0.383 e. The molecule has 1 saturated heterocycles. The fourth-order valence-electron chi connectivity index (χ4n) is 3.07. The maximum Gasteiger partial charge on any atom is 0.199 e. The lowest BCUT2D eigenvalue weighted by Gasteiger charge is -2.33. The molecule has 7 nitrogen and oxygen atoms in total. The zero-order valence-electron chi connectivity index (χ0n) is 15.0. The Morgan fingerprint density at radius 3 is 2.44 bits per heavy atom. The molecule has 0 aliphatic carbocycles. The van der Waals surface area contributed by atoms with Crippen LogP contribution in [0.2, 0.25) is 0 Å². The van der Waals surface area contributed by atoms with Gasteiger partial charge in [-0.2, -0.15) is 5.10 Å². The smallest absolute Gasteiger partial charge is 0.199 e. The van der Waals surface area contributed by atoms with E-state index in [1.54, 1.807) is 19.5 Å². The normalized spacial score (nSPS) is 16.4. The SMILES string of the molecule is CCN1CCN(Cn2nc(-c3ccncc3)n(CCOC)c2=S)CC1. The highest BCUT2D eigenvalue weighted by molar-refractivity contribution is 7.71. The monoisotopic (exact) mass is 362 g/mol. The molecule has 25 heavy (non-hydrogen) atoms. The standard InChI is InChI=1S/C17H26N6OS/c1-3-20-8-10-21(11-9-20)14-23-17(25)22(12-13-24-2)16(19-23)15-4-6-18-7-5-15/h4-7H,3,8-14H2,1-2H3. The van der Waals surface area contributed by atoms with E-state index >= 15 is 0 Å². The second-order valence-electron chi connectivity index (χ2n) is 6.18. The molecule has 0 aromatic carbocycles. The fourth-order valence-corrected chi connectivity index (χ4v) is 3.34. The molecule has 3 heterocycles. The summed E-state index contributed by atoms with van der Waals surface area (Å²) in [5.41, 5.74) is 1.02. The molecule has 0 amide bonds. The molecule has 0 saturated carbocycles. The van der Waals surface area contributed by atoms with Crippen LogP contribution < -0.4 is 0 Å². The van der Waals surface area contributed by atoms with Gasteiger partial charge in [-0.3, -0.25) is 14.5 Å². The molecule has 0 N–H and O–H groups in total. The zero-order valence-corrected chi connectivity index (χ0v) is 15.8. The number of aromatic nitrogens is 4. The molecule has 1 aliphatic rings. The van der Waals surface area contributed by atoms with E-state index in [-0.39, 0.29) is 0 Å². The highest BCUT2D eigenvalue weighted by Gasteiger charge is 2.18. The third-order valence-electron chi connectivity index (χ3n) is 4.63. The van der Waals surface area contributed by atoms with Crippen molar-refractivity contribution in [3.8, 4) is 11.4 Å². The van der Waals surface area contributed by atoms with Gasteiger partial charge >= 0.3 is 0 Å². The van der Waals surface area contributed by atoms with Crippen LogP contribution in [0.25, 0.3) is 11.4 Å². The number of nitrogens with zero attached hydrogens (tertiary/aromatic N) is 6. The third kappa shape index (κ3) is 4.33. The first-order valence-corrected chi connectivity index (χ1v) is 9.15. The molecule has 0 spiro atoms. The molecular weight excluding hydrogens is 336 g/mol. The Morgan fingerprint density at radius 1 is 1.12 bits per heavy atom. The van der Waals surface area contributed by atoms with E-state index in [0.29, 0.717) is 13.2 Å². The number of hydrogen-bond acceptors (Lipinski definition) is 6. The van der Waals surface area contributed by atoms with Crippen molar-refractivity contribution < 1.29 is 4.74 Å². The summed E-state index contributed by atoms with van der Waals surface area (Å²) in [7, 11) is 1.70. The summed E-state index contributed by atoms with van der Waals surface area (Å²) in [4.78, 5) is 8.97. The molecule has 2 aromatic heterocycles. The van der Waals surface area contributed by atoms with E-state index in [4.69, 9.17) is 22.1 Å². The summed E-state index contributed by atoms with van der Waals surface area (Å²) in [6, 6.07) is 3.93. The minimum absolute atomic E-state index is 0.604. The Kier molecular flexibility index (Phi) is 6.30. The van der Waals surface area contributed by atoms with Crippen molar-refractivity contribution in [1.29, 1.82) is 0 Å². The molecular formula is C17H26N6OS. The van der Waals surface area contributed by atoms with Crippen molar-refractivity contribution in [3.05, 3.63) is 29.3 Å². The van der Waals surface area contributed by atoms with Crippen molar-refractivity contribution in [2.24, 2.45) is 0 Å².